The fourth-order valence-corrected chi connectivity index (χ4v) is 1.94. The van der Waals surface area contributed by atoms with Gasteiger partial charge in [0.2, 0.25) is 0 Å². The number of hydrogen-bond acceptors (Lipinski definition) is 5. The number of H-pyrrole nitrogens is 1. The van der Waals surface area contributed by atoms with Crippen molar-refractivity contribution in [3.8, 4) is 0 Å². The lowest BCUT2D eigenvalue weighted by atomic mass is 10.1. The van der Waals surface area contributed by atoms with Crippen molar-refractivity contribution in [1.29, 1.82) is 0 Å². The molecule has 0 amide bonds. The highest BCUT2D eigenvalue weighted by atomic mass is 16.6. The van der Waals surface area contributed by atoms with E-state index in [0.29, 0.717) is 17.6 Å². The van der Waals surface area contributed by atoms with Crippen molar-refractivity contribution in [3.63, 3.8) is 0 Å². The molecule has 0 saturated heterocycles. The Morgan fingerprint density at radius 2 is 2.35 bits per heavy atom. The Morgan fingerprint density at radius 3 is 3.00 bits per heavy atom. The first-order chi connectivity index (χ1) is 9.52. The van der Waals surface area contributed by atoms with Crippen molar-refractivity contribution >= 4 is 22.3 Å². The normalized spacial score (nSPS) is 12.1. The van der Waals surface area contributed by atoms with Crippen LogP contribution in [0.4, 0.5) is 11.4 Å². The zero-order valence-electron chi connectivity index (χ0n) is 10.9. The molecule has 0 aliphatic carbocycles. The van der Waals surface area contributed by atoms with E-state index in [1.807, 2.05) is 6.92 Å². The van der Waals surface area contributed by atoms with Gasteiger partial charge in [-0.15, -0.1) is 6.58 Å². The van der Waals surface area contributed by atoms with Gasteiger partial charge in [-0.25, -0.2) is 4.98 Å². The van der Waals surface area contributed by atoms with Gasteiger partial charge in [0.05, 0.1) is 22.2 Å². The highest BCUT2D eigenvalue weighted by molar-refractivity contribution is 5.86. The summed E-state index contributed by atoms with van der Waals surface area (Å²) < 4.78 is 0. The summed E-state index contributed by atoms with van der Waals surface area (Å²) in [6, 6.07) is 2.75. The summed E-state index contributed by atoms with van der Waals surface area (Å²) in [5.74, 6) is 0. The average Bonchev–Trinajstić information content (AvgIpc) is 2.38. The van der Waals surface area contributed by atoms with E-state index in [2.05, 4.69) is 21.9 Å². The molecular formula is C13H14N4O3. The fraction of sp³-hybridized carbons (Fsp3) is 0.231. The van der Waals surface area contributed by atoms with Crippen molar-refractivity contribution in [2.24, 2.45) is 0 Å². The number of hydrogen-bond donors (Lipinski definition) is 2. The molecule has 1 aromatic carbocycles. The third-order valence-corrected chi connectivity index (χ3v) is 2.88. The molecule has 1 aromatic heterocycles. The standard InChI is InChI=1S/C13H14N4O3/c1-3-4-8(2)16-11-6-10-9(5-12(11)17(19)20)13(18)15-7-14-10/h3,5-8,16H,1,4H2,2H3,(H,14,15,18). The van der Waals surface area contributed by atoms with Crippen LogP contribution in [0.3, 0.4) is 0 Å². The molecular weight excluding hydrogens is 260 g/mol. The predicted octanol–water partition coefficient (Wildman–Crippen LogP) is 2.21. The Labute approximate surface area is 114 Å². The molecule has 104 valence electrons. The van der Waals surface area contributed by atoms with E-state index in [0.717, 1.165) is 0 Å². The van der Waals surface area contributed by atoms with E-state index in [1.165, 1.54) is 18.5 Å². The molecule has 1 atom stereocenters. The predicted molar refractivity (Wildman–Crippen MR) is 76.9 cm³/mol. The van der Waals surface area contributed by atoms with Gasteiger partial charge in [0.1, 0.15) is 5.69 Å². The third-order valence-electron chi connectivity index (χ3n) is 2.88. The summed E-state index contributed by atoms with van der Waals surface area (Å²) in [6.45, 7) is 5.52. The molecule has 0 radical (unpaired) electrons. The topological polar surface area (TPSA) is 101 Å². The Kier molecular flexibility index (Phi) is 3.79. The van der Waals surface area contributed by atoms with E-state index < -0.39 is 10.5 Å². The van der Waals surface area contributed by atoms with E-state index in [1.54, 1.807) is 6.08 Å². The summed E-state index contributed by atoms with van der Waals surface area (Å²) >= 11 is 0. The number of benzene rings is 1. The minimum atomic E-state index is -0.519. The third kappa shape index (κ3) is 2.66. The number of nitrogens with one attached hydrogen (secondary N) is 2. The minimum absolute atomic E-state index is 0.00866. The Bertz CT molecular complexity index is 723. The number of aromatic nitrogens is 2. The van der Waals surface area contributed by atoms with Gasteiger partial charge in [-0.05, 0) is 19.4 Å². The lowest BCUT2D eigenvalue weighted by Gasteiger charge is -2.13. The van der Waals surface area contributed by atoms with Crippen LogP contribution in [0, 0.1) is 10.1 Å². The highest BCUT2D eigenvalue weighted by Gasteiger charge is 2.18. The van der Waals surface area contributed by atoms with Gasteiger partial charge < -0.3 is 10.3 Å². The Morgan fingerprint density at radius 1 is 1.60 bits per heavy atom. The SMILES string of the molecule is C=CCC(C)Nc1cc2nc[nH]c(=O)c2cc1[N+](=O)[O-]. The fourth-order valence-electron chi connectivity index (χ4n) is 1.94. The van der Waals surface area contributed by atoms with Gasteiger partial charge in [0.25, 0.3) is 11.2 Å². The lowest BCUT2D eigenvalue weighted by molar-refractivity contribution is -0.383. The van der Waals surface area contributed by atoms with Gasteiger partial charge in [-0.3, -0.25) is 14.9 Å². The van der Waals surface area contributed by atoms with Crippen molar-refractivity contribution < 1.29 is 4.92 Å². The first kappa shape index (κ1) is 13.7. The summed E-state index contributed by atoms with van der Waals surface area (Å²) in [4.78, 5) is 28.7. The molecule has 0 spiro atoms. The van der Waals surface area contributed by atoms with Gasteiger partial charge in [0.15, 0.2) is 0 Å². The number of anilines is 1. The number of nitro benzene ring substituents is 1. The van der Waals surface area contributed by atoms with Gasteiger partial charge in [-0.2, -0.15) is 0 Å². The quantitative estimate of drug-likeness (QED) is 0.494. The second kappa shape index (κ2) is 5.52. The molecule has 7 nitrogen and oxygen atoms in total. The maximum Gasteiger partial charge on any atom is 0.293 e. The zero-order chi connectivity index (χ0) is 14.7. The molecule has 2 N–H and O–H groups in total. The van der Waals surface area contributed by atoms with E-state index in [-0.39, 0.29) is 17.1 Å². The van der Waals surface area contributed by atoms with E-state index >= 15 is 0 Å². The molecule has 2 rings (SSSR count). The van der Waals surface area contributed by atoms with Crippen LogP contribution in [-0.4, -0.2) is 20.9 Å². The monoisotopic (exact) mass is 274 g/mol. The molecule has 2 aromatic rings. The molecule has 0 bridgehead atoms. The van der Waals surface area contributed by atoms with Crippen LogP contribution in [0.15, 0.2) is 35.9 Å². The summed E-state index contributed by atoms with van der Waals surface area (Å²) in [5.41, 5.74) is 0.207. The van der Waals surface area contributed by atoms with Crippen LogP contribution in [-0.2, 0) is 0 Å². The number of aromatic amines is 1. The molecule has 1 unspecified atom stereocenters. The smallest absolute Gasteiger partial charge is 0.293 e. The molecule has 7 heteroatoms. The largest absolute Gasteiger partial charge is 0.377 e. The van der Waals surface area contributed by atoms with E-state index in [9.17, 15) is 14.9 Å². The number of nitro groups is 1. The Balaban J connectivity index is 2.57. The average molecular weight is 274 g/mol. The minimum Gasteiger partial charge on any atom is -0.377 e. The molecule has 0 saturated carbocycles. The van der Waals surface area contributed by atoms with Gasteiger partial charge in [0, 0.05) is 12.1 Å². The van der Waals surface area contributed by atoms with Crippen LogP contribution < -0.4 is 10.9 Å². The van der Waals surface area contributed by atoms with Gasteiger partial charge in [-0.1, -0.05) is 6.08 Å². The summed E-state index contributed by atoms with van der Waals surface area (Å²) in [5, 5.41) is 14.4. The molecule has 0 aliphatic heterocycles. The van der Waals surface area contributed by atoms with Crippen LogP contribution >= 0.6 is 0 Å². The first-order valence-electron chi connectivity index (χ1n) is 6.06. The molecule has 1 heterocycles. The Hall–Kier alpha value is -2.70. The molecule has 0 fully saturated rings. The lowest BCUT2D eigenvalue weighted by Crippen LogP contribution is -2.15. The second-order valence-corrected chi connectivity index (χ2v) is 4.45. The van der Waals surface area contributed by atoms with Crippen LogP contribution in [0.2, 0.25) is 0 Å². The number of nitrogens with zero attached hydrogens (tertiary/aromatic N) is 2. The van der Waals surface area contributed by atoms with Crippen LogP contribution in [0.5, 0.6) is 0 Å². The van der Waals surface area contributed by atoms with Crippen molar-refractivity contribution in [2.75, 3.05) is 5.32 Å². The summed E-state index contributed by atoms with van der Waals surface area (Å²) in [6.07, 6.45) is 3.67. The van der Waals surface area contributed by atoms with Crippen molar-refractivity contribution in [3.05, 3.63) is 51.6 Å². The van der Waals surface area contributed by atoms with Crippen LogP contribution in [0.1, 0.15) is 13.3 Å². The molecule has 20 heavy (non-hydrogen) atoms. The number of fused-ring (bicyclic) bond motifs is 1. The van der Waals surface area contributed by atoms with Crippen LogP contribution in [0.25, 0.3) is 10.9 Å². The number of rotatable bonds is 5. The highest BCUT2D eigenvalue weighted by Crippen LogP contribution is 2.28. The van der Waals surface area contributed by atoms with Gasteiger partial charge >= 0.3 is 0 Å². The second-order valence-electron chi connectivity index (χ2n) is 4.45. The maximum atomic E-state index is 11.6. The first-order valence-corrected chi connectivity index (χ1v) is 6.06. The van der Waals surface area contributed by atoms with Crippen molar-refractivity contribution in [1.82, 2.24) is 9.97 Å². The molecule has 0 aliphatic rings. The van der Waals surface area contributed by atoms with Crippen molar-refractivity contribution in [2.45, 2.75) is 19.4 Å². The zero-order valence-corrected chi connectivity index (χ0v) is 10.9. The maximum absolute atomic E-state index is 11.6. The summed E-state index contributed by atoms with van der Waals surface area (Å²) in [7, 11) is 0. The van der Waals surface area contributed by atoms with E-state index in [4.69, 9.17) is 0 Å².